The molecule has 0 spiro atoms. The van der Waals surface area contributed by atoms with Crippen molar-refractivity contribution in [1.29, 1.82) is 0 Å². The molecule has 1 heterocycles. The number of nitrogens with one attached hydrogen (secondary N) is 1. The van der Waals surface area contributed by atoms with E-state index in [1.807, 2.05) is 30.3 Å². The van der Waals surface area contributed by atoms with Gasteiger partial charge in [-0.2, -0.15) is 0 Å². The quantitative estimate of drug-likeness (QED) is 0.567. The van der Waals surface area contributed by atoms with Crippen LogP contribution in [0.3, 0.4) is 0 Å². The minimum Gasteiger partial charge on any atom is -0.506 e. The zero-order valence-corrected chi connectivity index (χ0v) is 16.1. The van der Waals surface area contributed by atoms with Crippen LogP contribution in [-0.4, -0.2) is 40.8 Å². The first-order chi connectivity index (χ1) is 14.0. The number of aromatic hydroxyl groups is 1. The van der Waals surface area contributed by atoms with E-state index in [9.17, 15) is 14.7 Å². The summed E-state index contributed by atoms with van der Waals surface area (Å²) in [7, 11) is 1.52. The highest BCUT2D eigenvalue weighted by Crippen LogP contribution is 2.30. The number of nitrogens with zero attached hydrogens (tertiary/aromatic N) is 1. The second-order valence-corrected chi connectivity index (χ2v) is 5.95. The van der Waals surface area contributed by atoms with E-state index >= 15 is 0 Å². The molecule has 152 valence electrons. The van der Waals surface area contributed by atoms with E-state index in [-0.39, 0.29) is 24.3 Å². The van der Waals surface area contributed by atoms with Crippen molar-refractivity contribution < 1.29 is 24.5 Å². The molecule has 1 aromatic heterocycles. The zero-order chi connectivity index (χ0) is 21.4. The van der Waals surface area contributed by atoms with Gasteiger partial charge in [0.25, 0.3) is 17.9 Å². The number of fused-ring (bicyclic) bond motifs is 1. The van der Waals surface area contributed by atoms with Crippen LogP contribution < -0.4 is 15.6 Å². The molecule has 0 aliphatic heterocycles. The molecule has 0 radical (unpaired) electrons. The van der Waals surface area contributed by atoms with E-state index in [0.717, 1.165) is 5.56 Å². The molecular weight excluding hydrogens is 376 g/mol. The Morgan fingerprint density at radius 2 is 1.86 bits per heavy atom. The SMILES string of the molecule is CCNC(=O)c1c(O)c2cc(OC)ccc2n(Cc2ccccc2)c1=O.O=CO. The van der Waals surface area contributed by atoms with Gasteiger partial charge in [0, 0.05) is 11.9 Å². The number of methoxy groups -OCH3 is 1. The summed E-state index contributed by atoms with van der Waals surface area (Å²) < 4.78 is 6.71. The molecule has 0 fully saturated rings. The molecule has 2 aromatic carbocycles. The highest BCUT2D eigenvalue weighted by Gasteiger charge is 2.22. The second kappa shape index (κ2) is 9.93. The van der Waals surface area contributed by atoms with Gasteiger partial charge < -0.3 is 24.8 Å². The summed E-state index contributed by atoms with van der Waals surface area (Å²) in [6.45, 7) is 2.14. The van der Waals surface area contributed by atoms with Crippen molar-refractivity contribution >= 4 is 23.3 Å². The lowest BCUT2D eigenvalue weighted by Gasteiger charge is -2.15. The molecule has 0 saturated heterocycles. The molecule has 0 unspecified atom stereocenters. The van der Waals surface area contributed by atoms with E-state index in [1.165, 1.54) is 11.7 Å². The number of hydrogen-bond acceptors (Lipinski definition) is 5. The van der Waals surface area contributed by atoms with Crippen LogP contribution in [0.5, 0.6) is 11.5 Å². The minimum absolute atomic E-state index is 0.250. The van der Waals surface area contributed by atoms with Crippen molar-refractivity contribution in [2.75, 3.05) is 13.7 Å². The molecule has 3 N–H and O–H groups in total. The Kier molecular flexibility index (Phi) is 7.36. The summed E-state index contributed by atoms with van der Waals surface area (Å²) in [5.74, 6) is -0.403. The van der Waals surface area contributed by atoms with Gasteiger partial charge in [0.05, 0.1) is 19.2 Å². The summed E-state index contributed by atoms with van der Waals surface area (Å²) >= 11 is 0. The number of rotatable bonds is 5. The van der Waals surface area contributed by atoms with Crippen LogP contribution in [0.2, 0.25) is 0 Å². The fraction of sp³-hybridized carbons (Fsp3) is 0.190. The van der Waals surface area contributed by atoms with Gasteiger partial charge in [-0.1, -0.05) is 30.3 Å². The number of benzene rings is 2. The summed E-state index contributed by atoms with van der Waals surface area (Å²) in [4.78, 5) is 33.7. The van der Waals surface area contributed by atoms with E-state index in [2.05, 4.69) is 5.32 Å². The van der Waals surface area contributed by atoms with Gasteiger partial charge in [-0.25, -0.2) is 0 Å². The molecule has 0 aliphatic carbocycles. The molecule has 8 nitrogen and oxygen atoms in total. The molecular formula is C21H22N2O6. The Morgan fingerprint density at radius 3 is 2.45 bits per heavy atom. The van der Waals surface area contributed by atoms with Crippen molar-refractivity contribution in [3.8, 4) is 11.5 Å². The number of ether oxygens (including phenoxy) is 1. The average Bonchev–Trinajstić information content (AvgIpc) is 2.72. The Balaban J connectivity index is 0.000000941. The van der Waals surface area contributed by atoms with Gasteiger partial charge in [-0.05, 0) is 30.7 Å². The number of carboxylic acid groups (broad SMARTS) is 1. The largest absolute Gasteiger partial charge is 0.506 e. The van der Waals surface area contributed by atoms with Crippen LogP contribution in [-0.2, 0) is 11.3 Å². The van der Waals surface area contributed by atoms with Gasteiger partial charge in [-0.15, -0.1) is 0 Å². The van der Waals surface area contributed by atoms with Crippen LogP contribution in [0.15, 0.2) is 53.3 Å². The van der Waals surface area contributed by atoms with Crippen molar-refractivity contribution in [3.05, 3.63) is 70.0 Å². The third-order valence-electron chi connectivity index (χ3n) is 4.19. The maximum Gasteiger partial charge on any atom is 0.290 e. The Hall–Kier alpha value is -3.81. The van der Waals surface area contributed by atoms with E-state index < -0.39 is 11.5 Å². The van der Waals surface area contributed by atoms with Crippen molar-refractivity contribution in [3.63, 3.8) is 0 Å². The van der Waals surface area contributed by atoms with Crippen LogP contribution in [0.4, 0.5) is 0 Å². The van der Waals surface area contributed by atoms with E-state index in [1.54, 1.807) is 25.1 Å². The Labute approximate surface area is 167 Å². The summed E-state index contributed by atoms with van der Waals surface area (Å²) in [6, 6.07) is 14.5. The van der Waals surface area contributed by atoms with Crippen LogP contribution in [0.25, 0.3) is 10.9 Å². The van der Waals surface area contributed by atoms with Crippen molar-refractivity contribution in [2.45, 2.75) is 13.5 Å². The Morgan fingerprint density at radius 1 is 1.21 bits per heavy atom. The third-order valence-corrected chi connectivity index (χ3v) is 4.19. The lowest BCUT2D eigenvalue weighted by Crippen LogP contribution is -2.33. The summed E-state index contributed by atoms with van der Waals surface area (Å²) in [6.07, 6.45) is 0. The number of hydrogen-bond donors (Lipinski definition) is 3. The standard InChI is InChI=1S/C20H20N2O4.CH2O2/c1-3-21-19(24)17-18(23)15-11-14(26-2)9-10-16(15)22(20(17)25)12-13-7-5-4-6-8-13;2-1-3/h4-11,23H,3,12H2,1-2H3,(H,21,24);1H,(H,2,3). The molecule has 8 heteroatoms. The number of aromatic nitrogens is 1. The molecule has 0 atom stereocenters. The van der Waals surface area contributed by atoms with Crippen LogP contribution >= 0.6 is 0 Å². The smallest absolute Gasteiger partial charge is 0.290 e. The molecule has 3 aromatic rings. The van der Waals surface area contributed by atoms with Gasteiger partial charge in [0.2, 0.25) is 0 Å². The second-order valence-electron chi connectivity index (χ2n) is 5.95. The number of carbonyl (C=O) groups excluding carboxylic acids is 1. The maximum atomic E-state index is 13.0. The first-order valence-corrected chi connectivity index (χ1v) is 8.81. The highest BCUT2D eigenvalue weighted by atomic mass is 16.5. The first kappa shape index (κ1) is 21.5. The predicted molar refractivity (Wildman–Crippen MR) is 109 cm³/mol. The van der Waals surface area contributed by atoms with Crippen LogP contribution in [0.1, 0.15) is 22.8 Å². The number of carbonyl (C=O) groups is 2. The lowest BCUT2D eigenvalue weighted by atomic mass is 10.1. The Bertz CT molecular complexity index is 1060. The fourth-order valence-electron chi connectivity index (χ4n) is 2.92. The molecule has 0 saturated carbocycles. The van der Waals surface area contributed by atoms with E-state index in [0.29, 0.717) is 23.2 Å². The lowest BCUT2D eigenvalue weighted by molar-refractivity contribution is -0.122. The number of pyridine rings is 1. The zero-order valence-electron chi connectivity index (χ0n) is 16.1. The number of amides is 1. The maximum absolute atomic E-state index is 13.0. The first-order valence-electron chi connectivity index (χ1n) is 8.81. The molecule has 0 aliphatic rings. The molecule has 0 bridgehead atoms. The van der Waals surface area contributed by atoms with Crippen LogP contribution in [0, 0.1) is 0 Å². The van der Waals surface area contributed by atoms with Crippen molar-refractivity contribution in [2.24, 2.45) is 0 Å². The molecule has 3 rings (SSSR count). The van der Waals surface area contributed by atoms with Gasteiger partial charge in [-0.3, -0.25) is 14.4 Å². The van der Waals surface area contributed by atoms with E-state index in [4.69, 9.17) is 14.6 Å². The average molecular weight is 398 g/mol. The summed E-state index contributed by atoms with van der Waals surface area (Å²) in [5.41, 5.74) is 0.656. The minimum atomic E-state index is -0.596. The van der Waals surface area contributed by atoms with Crippen molar-refractivity contribution in [1.82, 2.24) is 9.88 Å². The predicted octanol–water partition coefficient (Wildman–Crippen LogP) is 2.21. The summed E-state index contributed by atoms with van der Waals surface area (Å²) in [5, 5.41) is 20.5. The van der Waals surface area contributed by atoms with Gasteiger partial charge >= 0.3 is 0 Å². The highest BCUT2D eigenvalue weighted by molar-refractivity contribution is 6.02. The van der Waals surface area contributed by atoms with Gasteiger partial charge in [0.15, 0.2) is 0 Å². The van der Waals surface area contributed by atoms with Gasteiger partial charge in [0.1, 0.15) is 17.1 Å². The normalized spacial score (nSPS) is 10.0. The molecule has 29 heavy (non-hydrogen) atoms. The monoisotopic (exact) mass is 398 g/mol. The topological polar surface area (TPSA) is 118 Å². The molecule has 1 amide bonds. The fourth-order valence-corrected chi connectivity index (χ4v) is 2.92. The third kappa shape index (κ3) is 4.73.